The highest BCUT2D eigenvalue weighted by atomic mass is 79.9. The molecule has 0 spiro atoms. The van der Waals surface area contributed by atoms with Crippen molar-refractivity contribution in [1.29, 1.82) is 0 Å². The van der Waals surface area contributed by atoms with E-state index in [-0.39, 0.29) is 0 Å². The third kappa shape index (κ3) is 1.99. The summed E-state index contributed by atoms with van der Waals surface area (Å²) in [4.78, 5) is 0. The van der Waals surface area contributed by atoms with Gasteiger partial charge in [-0.25, -0.2) is 4.68 Å². The fourth-order valence-electron chi connectivity index (χ4n) is 2.47. The van der Waals surface area contributed by atoms with Crippen molar-refractivity contribution in [2.75, 3.05) is 5.73 Å². The summed E-state index contributed by atoms with van der Waals surface area (Å²) in [6.45, 7) is 0. The Balaban J connectivity index is 2.20. The molecule has 0 bridgehead atoms. The number of hydrogen-bond acceptors (Lipinski definition) is 2. The van der Waals surface area contributed by atoms with E-state index in [1.165, 1.54) is 24.1 Å². The zero-order valence-electron chi connectivity index (χ0n) is 9.79. The summed E-state index contributed by atoms with van der Waals surface area (Å²) in [5.41, 5.74) is 9.56. The van der Waals surface area contributed by atoms with E-state index >= 15 is 0 Å². The fourth-order valence-corrected chi connectivity index (χ4v) is 3.24. The number of anilines is 1. The molecule has 5 heteroatoms. The van der Waals surface area contributed by atoms with Crippen LogP contribution in [0.3, 0.4) is 0 Å². The highest BCUT2D eigenvalue weighted by molar-refractivity contribution is 9.11. The van der Waals surface area contributed by atoms with Crippen molar-refractivity contribution >= 4 is 37.7 Å². The quantitative estimate of drug-likeness (QED) is 0.828. The summed E-state index contributed by atoms with van der Waals surface area (Å²) in [5.74, 6) is 0.677. The molecule has 0 atom stereocenters. The van der Waals surface area contributed by atoms with Crippen LogP contribution in [-0.4, -0.2) is 9.78 Å². The summed E-state index contributed by atoms with van der Waals surface area (Å²) in [6.07, 6.45) is 4.53. The van der Waals surface area contributed by atoms with Crippen LogP contribution in [-0.2, 0) is 12.8 Å². The Labute approximate surface area is 123 Å². The largest absolute Gasteiger partial charge is 0.382 e. The van der Waals surface area contributed by atoms with Gasteiger partial charge in [-0.3, -0.25) is 0 Å². The molecule has 1 aliphatic carbocycles. The molecule has 1 aliphatic rings. The molecular weight excluding hydrogens is 358 g/mol. The molecule has 3 rings (SSSR count). The molecule has 0 aliphatic heterocycles. The Morgan fingerprint density at radius 1 is 1.17 bits per heavy atom. The lowest BCUT2D eigenvalue weighted by Gasteiger charge is -2.14. The Morgan fingerprint density at radius 2 is 1.94 bits per heavy atom. The third-order valence-corrected chi connectivity index (χ3v) is 4.51. The van der Waals surface area contributed by atoms with E-state index in [0.29, 0.717) is 5.82 Å². The first kappa shape index (κ1) is 12.2. The Bertz CT molecular complexity index is 605. The molecule has 0 saturated carbocycles. The van der Waals surface area contributed by atoms with Gasteiger partial charge in [-0.05, 0) is 59.8 Å². The van der Waals surface area contributed by atoms with Crippen molar-refractivity contribution in [3.63, 3.8) is 0 Å². The fraction of sp³-hybridized carbons (Fsp3) is 0.308. The van der Waals surface area contributed by atoms with Gasteiger partial charge in [0.05, 0.1) is 5.69 Å². The molecule has 0 radical (unpaired) electrons. The highest BCUT2D eigenvalue weighted by Crippen LogP contribution is 2.32. The summed E-state index contributed by atoms with van der Waals surface area (Å²) in [7, 11) is 0. The van der Waals surface area contributed by atoms with E-state index in [9.17, 15) is 0 Å². The van der Waals surface area contributed by atoms with Crippen molar-refractivity contribution in [1.82, 2.24) is 9.78 Å². The predicted octanol–water partition coefficient (Wildman–Crippen LogP) is 3.86. The minimum Gasteiger partial charge on any atom is -0.382 e. The van der Waals surface area contributed by atoms with Crippen LogP contribution >= 0.6 is 31.9 Å². The summed E-state index contributed by atoms with van der Waals surface area (Å²) in [6, 6.07) is 6.09. The number of rotatable bonds is 1. The second-order valence-electron chi connectivity index (χ2n) is 4.53. The molecule has 2 aromatic rings. The molecule has 3 nitrogen and oxygen atoms in total. The Morgan fingerprint density at radius 3 is 2.78 bits per heavy atom. The number of benzene rings is 1. The van der Waals surface area contributed by atoms with Gasteiger partial charge < -0.3 is 5.73 Å². The SMILES string of the molecule is Nc1nn(-c2cc(Br)ccc2Br)c2c1CCCC2. The van der Waals surface area contributed by atoms with Gasteiger partial charge in [-0.15, -0.1) is 0 Å². The van der Waals surface area contributed by atoms with Crippen molar-refractivity contribution < 1.29 is 0 Å². The summed E-state index contributed by atoms with van der Waals surface area (Å²) >= 11 is 7.09. The maximum absolute atomic E-state index is 6.03. The average Bonchev–Trinajstić information content (AvgIpc) is 2.71. The molecule has 0 amide bonds. The predicted molar refractivity (Wildman–Crippen MR) is 80.0 cm³/mol. The zero-order valence-corrected chi connectivity index (χ0v) is 13.0. The van der Waals surface area contributed by atoms with Gasteiger partial charge >= 0.3 is 0 Å². The molecule has 1 aromatic heterocycles. The smallest absolute Gasteiger partial charge is 0.149 e. The van der Waals surface area contributed by atoms with Crippen LogP contribution in [0.4, 0.5) is 5.82 Å². The maximum Gasteiger partial charge on any atom is 0.149 e. The van der Waals surface area contributed by atoms with E-state index in [0.717, 1.165) is 27.5 Å². The van der Waals surface area contributed by atoms with Gasteiger partial charge in [0.15, 0.2) is 0 Å². The van der Waals surface area contributed by atoms with Crippen LogP contribution in [0.5, 0.6) is 0 Å². The standard InChI is InChI=1S/C13H13Br2N3/c14-8-5-6-10(15)12(7-8)18-11-4-2-1-3-9(11)13(16)17-18/h5-7H,1-4H2,(H2,16,17). The van der Waals surface area contributed by atoms with Gasteiger partial charge in [0.1, 0.15) is 5.82 Å². The van der Waals surface area contributed by atoms with E-state index in [1.807, 2.05) is 16.8 Å². The van der Waals surface area contributed by atoms with Gasteiger partial charge in [-0.1, -0.05) is 15.9 Å². The number of fused-ring (bicyclic) bond motifs is 1. The molecular formula is C13H13Br2N3. The summed E-state index contributed by atoms with van der Waals surface area (Å²) < 4.78 is 4.06. The van der Waals surface area contributed by atoms with Crippen molar-refractivity contribution in [3.05, 3.63) is 38.4 Å². The van der Waals surface area contributed by atoms with Crippen LogP contribution in [0, 0.1) is 0 Å². The maximum atomic E-state index is 6.03. The molecule has 0 unspecified atom stereocenters. The van der Waals surface area contributed by atoms with Crippen molar-refractivity contribution in [2.24, 2.45) is 0 Å². The van der Waals surface area contributed by atoms with Crippen LogP contribution in [0.1, 0.15) is 24.1 Å². The van der Waals surface area contributed by atoms with Gasteiger partial charge in [0.25, 0.3) is 0 Å². The van der Waals surface area contributed by atoms with E-state index in [4.69, 9.17) is 5.73 Å². The monoisotopic (exact) mass is 369 g/mol. The Kier molecular flexibility index (Phi) is 3.20. The van der Waals surface area contributed by atoms with Crippen molar-refractivity contribution in [2.45, 2.75) is 25.7 Å². The van der Waals surface area contributed by atoms with E-state index in [2.05, 4.69) is 43.0 Å². The van der Waals surface area contributed by atoms with Gasteiger partial charge in [-0.2, -0.15) is 5.10 Å². The minimum atomic E-state index is 0.677. The second kappa shape index (κ2) is 4.70. The molecule has 1 heterocycles. The first-order valence-electron chi connectivity index (χ1n) is 5.98. The van der Waals surface area contributed by atoms with E-state index < -0.39 is 0 Å². The number of nitrogens with two attached hydrogens (primary N) is 1. The number of aromatic nitrogens is 2. The normalized spacial score (nSPS) is 14.6. The first-order chi connectivity index (χ1) is 8.66. The molecule has 0 fully saturated rings. The molecule has 2 N–H and O–H groups in total. The van der Waals surface area contributed by atoms with Gasteiger partial charge in [0.2, 0.25) is 0 Å². The number of hydrogen-bond donors (Lipinski definition) is 1. The van der Waals surface area contributed by atoms with Crippen LogP contribution in [0.15, 0.2) is 27.1 Å². The van der Waals surface area contributed by atoms with Gasteiger partial charge in [0, 0.05) is 20.2 Å². The first-order valence-corrected chi connectivity index (χ1v) is 7.57. The molecule has 94 valence electrons. The van der Waals surface area contributed by atoms with Crippen LogP contribution in [0.2, 0.25) is 0 Å². The highest BCUT2D eigenvalue weighted by Gasteiger charge is 2.21. The lowest BCUT2D eigenvalue weighted by molar-refractivity contribution is 0.653. The molecule has 18 heavy (non-hydrogen) atoms. The topological polar surface area (TPSA) is 43.8 Å². The zero-order chi connectivity index (χ0) is 12.7. The lowest BCUT2D eigenvalue weighted by Crippen LogP contribution is -2.08. The number of halogens is 2. The number of nitrogen functional groups attached to an aromatic ring is 1. The Hall–Kier alpha value is -0.810. The second-order valence-corrected chi connectivity index (χ2v) is 6.30. The van der Waals surface area contributed by atoms with Crippen LogP contribution in [0.25, 0.3) is 5.69 Å². The summed E-state index contributed by atoms with van der Waals surface area (Å²) in [5, 5.41) is 4.51. The minimum absolute atomic E-state index is 0.677. The third-order valence-electron chi connectivity index (χ3n) is 3.35. The average molecular weight is 371 g/mol. The van der Waals surface area contributed by atoms with E-state index in [1.54, 1.807) is 0 Å². The molecule has 1 aromatic carbocycles. The molecule has 0 saturated heterocycles. The van der Waals surface area contributed by atoms with Crippen LogP contribution < -0.4 is 5.73 Å². The van der Waals surface area contributed by atoms with Crippen molar-refractivity contribution in [3.8, 4) is 5.69 Å². The lowest BCUT2D eigenvalue weighted by atomic mass is 9.97. The number of nitrogens with zero attached hydrogens (tertiary/aromatic N) is 2.